The number of amides is 1. The lowest BCUT2D eigenvalue weighted by Gasteiger charge is -2.20. The number of hydrazine groups is 1. The van der Waals surface area contributed by atoms with Crippen LogP contribution in [0.5, 0.6) is 0 Å². The highest BCUT2D eigenvalue weighted by Gasteiger charge is 2.05. The van der Waals surface area contributed by atoms with E-state index >= 15 is 0 Å². The average molecular weight is 265 g/mol. The predicted octanol–water partition coefficient (Wildman–Crippen LogP) is 0.687. The van der Waals surface area contributed by atoms with Crippen LogP contribution in [-0.4, -0.2) is 37.6 Å². The van der Waals surface area contributed by atoms with Gasteiger partial charge in [0.1, 0.15) is 0 Å². The molecule has 0 aromatic heterocycles. The highest BCUT2D eigenvalue weighted by atomic mass is 16.5. The van der Waals surface area contributed by atoms with Crippen molar-refractivity contribution in [2.75, 3.05) is 26.8 Å². The summed E-state index contributed by atoms with van der Waals surface area (Å²) >= 11 is 0. The fraction of sp³-hybridized carbons (Fsp3) is 0.500. The van der Waals surface area contributed by atoms with E-state index in [1.54, 1.807) is 7.11 Å². The average Bonchev–Trinajstić information content (AvgIpc) is 2.45. The lowest BCUT2D eigenvalue weighted by atomic mass is 10.1. The molecule has 5 heteroatoms. The number of methoxy groups -OCH3 is 1. The molecule has 0 radical (unpaired) electrons. The topological polar surface area (TPSA) is 67.6 Å². The summed E-state index contributed by atoms with van der Waals surface area (Å²) < 4.78 is 5.09. The first kappa shape index (κ1) is 15.6. The second-order valence-corrected chi connectivity index (χ2v) is 4.42. The number of hydrogen-bond acceptors (Lipinski definition) is 4. The third-order valence-corrected chi connectivity index (χ3v) is 3.01. The Morgan fingerprint density at radius 3 is 2.47 bits per heavy atom. The molecule has 0 aliphatic heterocycles. The molecule has 19 heavy (non-hydrogen) atoms. The number of likely N-dealkylation sites (N-methyl/N-ethyl adjacent to an activating group) is 1. The van der Waals surface area contributed by atoms with Crippen LogP contribution >= 0.6 is 0 Å². The van der Waals surface area contributed by atoms with E-state index in [0.29, 0.717) is 6.42 Å². The predicted molar refractivity (Wildman–Crippen MR) is 75.3 cm³/mol. The fourth-order valence-corrected chi connectivity index (χ4v) is 1.83. The van der Waals surface area contributed by atoms with E-state index in [4.69, 9.17) is 10.6 Å². The van der Waals surface area contributed by atoms with Crippen LogP contribution < -0.4 is 11.3 Å². The minimum atomic E-state index is -0.178. The van der Waals surface area contributed by atoms with E-state index in [9.17, 15) is 4.79 Å². The quantitative estimate of drug-likeness (QED) is 0.412. The molecule has 0 saturated carbocycles. The Bertz CT molecular complexity index is 379. The van der Waals surface area contributed by atoms with Crippen molar-refractivity contribution in [3.8, 4) is 0 Å². The molecule has 0 unspecified atom stereocenters. The van der Waals surface area contributed by atoms with Gasteiger partial charge in [0.15, 0.2) is 0 Å². The molecule has 0 aliphatic carbocycles. The second kappa shape index (κ2) is 8.63. The standard InChI is InChI=1S/C14H23N3O2/c1-3-17(8-9-19-2)11-13-6-4-12(5-7-13)10-14(18)16-15/h4-7H,3,8-11,15H2,1-2H3,(H,16,18). The van der Waals surface area contributed by atoms with Crippen molar-refractivity contribution in [3.05, 3.63) is 35.4 Å². The van der Waals surface area contributed by atoms with Crippen molar-refractivity contribution >= 4 is 5.91 Å². The van der Waals surface area contributed by atoms with Gasteiger partial charge < -0.3 is 4.74 Å². The molecule has 5 nitrogen and oxygen atoms in total. The third kappa shape index (κ3) is 5.83. The molecule has 0 atom stereocenters. The summed E-state index contributed by atoms with van der Waals surface area (Å²) in [5.74, 6) is 4.88. The smallest absolute Gasteiger partial charge is 0.238 e. The molecule has 1 aromatic rings. The van der Waals surface area contributed by atoms with Crippen molar-refractivity contribution in [1.29, 1.82) is 0 Å². The van der Waals surface area contributed by atoms with Crippen molar-refractivity contribution in [2.45, 2.75) is 19.9 Å². The Morgan fingerprint density at radius 2 is 1.95 bits per heavy atom. The maximum Gasteiger partial charge on any atom is 0.238 e. The van der Waals surface area contributed by atoms with E-state index in [-0.39, 0.29) is 5.91 Å². The molecule has 0 spiro atoms. The second-order valence-electron chi connectivity index (χ2n) is 4.42. The summed E-state index contributed by atoms with van der Waals surface area (Å²) in [5.41, 5.74) is 4.33. The van der Waals surface area contributed by atoms with Crippen LogP contribution in [0.1, 0.15) is 18.1 Å². The maximum atomic E-state index is 11.2. The maximum absolute atomic E-state index is 11.2. The van der Waals surface area contributed by atoms with Gasteiger partial charge >= 0.3 is 0 Å². The van der Waals surface area contributed by atoms with Gasteiger partial charge in [-0.3, -0.25) is 15.1 Å². The molecule has 0 bridgehead atoms. The van der Waals surface area contributed by atoms with E-state index < -0.39 is 0 Å². The number of carbonyl (C=O) groups excluding carboxylic acids is 1. The number of nitrogens with two attached hydrogens (primary N) is 1. The van der Waals surface area contributed by atoms with Gasteiger partial charge in [-0.25, -0.2) is 5.84 Å². The molecular weight excluding hydrogens is 242 g/mol. The zero-order chi connectivity index (χ0) is 14.1. The highest BCUT2D eigenvalue weighted by Crippen LogP contribution is 2.08. The first-order valence-electron chi connectivity index (χ1n) is 6.48. The minimum absolute atomic E-state index is 0.178. The monoisotopic (exact) mass is 265 g/mol. The zero-order valence-electron chi connectivity index (χ0n) is 11.7. The number of nitrogens with zero attached hydrogens (tertiary/aromatic N) is 1. The molecule has 3 N–H and O–H groups in total. The molecule has 0 saturated heterocycles. The molecular formula is C14H23N3O2. The van der Waals surface area contributed by atoms with Crippen molar-refractivity contribution in [1.82, 2.24) is 10.3 Å². The molecule has 106 valence electrons. The first-order valence-corrected chi connectivity index (χ1v) is 6.48. The summed E-state index contributed by atoms with van der Waals surface area (Å²) in [5, 5.41) is 0. The van der Waals surface area contributed by atoms with Crippen LogP contribution in [0.4, 0.5) is 0 Å². The normalized spacial score (nSPS) is 10.7. The Balaban J connectivity index is 2.53. The molecule has 1 rings (SSSR count). The minimum Gasteiger partial charge on any atom is -0.383 e. The number of ether oxygens (including phenoxy) is 1. The lowest BCUT2D eigenvalue weighted by molar-refractivity contribution is -0.120. The Kier molecular flexibility index (Phi) is 7.10. The molecule has 1 amide bonds. The number of nitrogens with one attached hydrogen (secondary N) is 1. The van der Waals surface area contributed by atoms with E-state index in [2.05, 4.69) is 29.4 Å². The number of carbonyl (C=O) groups is 1. The van der Waals surface area contributed by atoms with Crippen LogP contribution in [0.25, 0.3) is 0 Å². The Labute approximate surface area is 114 Å². The molecule has 0 fully saturated rings. The Hall–Kier alpha value is -1.43. The Morgan fingerprint density at radius 1 is 1.32 bits per heavy atom. The van der Waals surface area contributed by atoms with Crippen LogP contribution in [-0.2, 0) is 22.5 Å². The van der Waals surface area contributed by atoms with Crippen molar-refractivity contribution in [2.24, 2.45) is 5.84 Å². The third-order valence-electron chi connectivity index (χ3n) is 3.01. The van der Waals surface area contributed by atoms with E-state index in [1.807, 2.05) is 12.1 Å². The number of hydrogen-bond donors (Lipinski definition) is 2. The fourth-order valence-electron chi connectivity index (χ4n) is 1.83. The van der Waals surface area contributed by atoms with Gasteiger partial charge in [-0.1, -0.05) is 31.2 Å². The zero-order valence-corrected chi connectivity index (χ0v) is 11.7. The van der Waals surface area contributed by atoms with Crippen molar-refractivity contribution in [3.63, 3.8) is 0 Å². The van der Waals surface area contributed by atoms with E-state index in [0.717, 1.165) is 31.8 Å². The molecule has 0 heterocycles. The summed E-state index contributed by atoms with van der Waals surface area (Å²) in [4.78, 5) is 13.5. The first-order chi connectivity index (χ1) is 9.19. The summed E-state index contributed by atoms with van der Waals surface area (Å²) in [7, 11) is 1.71. The van der Waals surface area contributed by atoms with Gasteiger partial charge in [0.2, 0.25) is 5.91 Å². The summed E-state index contributed by atoms with van der Waals surface area (Å²) in [6.07, 6.45) is 0.317. The van der Waals surface area contributed by atoms with Gasteiger partial charge in [-0.15, -0.1) is 0 Å². The van der Waals surface area contributed by atoms with E-state index in [1.165, 1.54) is 5.56 Å². The van der Waals surface area contributed by atoms with Gasteiger partial charge in [0.25, 0.3) is 0 Å². The van der Waals surface area contributed by atoms with Gasteiger partial charge in [-0.05, 0) is 17.7 Å². The van der Waals surface area contributed by atoms with Crippen LogP contribution in [0.2, 0.25) is 0 Å². The van der Waals surface area contributed by atoms with Gasteiger partial charge in [0, 0.05) is 20.2 Å². The van der Waals surface area contributed by atoms with Crippen LogP contribution in [0.15, 0.2) is 24.3 Å². The van der Waals surface area contributed by atoms with Gasteiger partial charge in [0.05, 0.1) is 13.0 Å². The summed E-state index contributed by atoms with van der Waals surface area (Å²) in [6, 6.07) is 8.03. The lowest BCUT2D eigenvalue weighted by Crippen LogP contribution is -2.31. The largest absolute Gasteiger partial charge is 0.383 e. The SMILES string of the molecule is CCN(CCOC)Cc1ccc(CC(=O)NN)cc1. The number of rotatable bonds is 8. The van der Waals surface area contributed by atoms with Crippen LogP contribution in [0.3, 0.4) is 0 Å². The van der Waals surface area contributed by atoms with Gasteiger partial charge in [-0.2, -0.15) is 0 Å². The highest BCUT2D eigenvalue weighted by molar-refractivity contribution is 5.77. The van der Waals surface area contributed by atoms with Crippen molar-refractivity contribution < 1.29 is 9.53 Å². The van der Waals surface area contributed by atoms with Crippen LogP contribution in [0, 0.1) is 0 Å². The molecule has 1 aromatic carbocycles. The summed E-state index contributed by atoms with van der Waals surface area (Å²) in [6.45, 7) is 5.67. The number of benzene rings is 1. The molecule has 0 aliphatic rings.